The van der Waals surface area contributed by atoms with Gasteiger partial charge in [-0.15, -0.1) is 0 Å². The van der Waals surface area contributed by atoms with Crippen LogP contribution in [0.5, 0.6) is 0 Å². The van der Waals surface area contributed by atoms with E-state index >= 15 is 0 Å². The smallest absolute Gasteiger partial charge is 0.0716 e. The van der Waals surface area contributed by atoms with Crippen LogP contribution in [-0.2, 0) is 0 Å². The number of carbonyl (C=O) groups excluding carboxylic acids is 1. The van der Waals surface area contributed by atoms with E-state index in [9.17, 15) is 9.90 Å². The highest BCUT2D eigenvalue weighted by atomic mass is 16.4. The van der Waals surface area contributed by atoms with Gasteiger partial charge in [-0.05, 0) is 31.4 Å². The summed E-state index contributed by atoms with van der Waals surface area (Å²) in [5.41, 5.74) is 1.43. The number of oxime groups is 1. The fourth-order valence-corrected chi connectivity index (χ4v) is 2.20. The summed E-state index contributed by atoms with van der Waals surface area (Å²) in [7, 11) is 0. The third-order valence-corrected chi connectivity index (χ3v) is 3.08. The average molecular weight is 233 g/mol. The maximum Gasteiger partial charge on any atom is 0.0716 e. The van der Waals surface area contributed by atoms with Crippen molar-refractivity contribution in [1.29, 1.82) is 0 Å². The van der Waals surface area contributed by atoms with Crippen LogP contribution in [0.4, 0.5) is 0 Å². The number of rotatable bonds is 2. The van der Waals surface area contributed by atoms with E-state index in [0.29, 0.717) is 11.4 Å². The zero-order valence-corrected chi connectivity index (χ0v) is 9.30. The van der Waals surface area contributed by atoms with Crippen molar-refractivity contribution in [2.45, 2.75) is 31.6 Å². The number of pyridine rings is 1. The maximum absolute atomic E-state index is 10.8. The van der Waals surface area contributed by atoms with Crippen LogP contribution >= 0.6 is 0 Å². The molecule has 0 aliphatic heterocycles. The second-order valence-corrected chi connectivity index (χ2v) is 4.15. The first kappa shape index (κ1) is 11.6. The number of carboxylic acid groups (broad SMARTS) is 1. The van der Waals surface area contributed by atoms with E-state index in [1.54, 1.807) is 0 Å². The fourth-order valence-electron chi connectivity index (χ4n) is 2.20. The van der Waals surface area contributed by atoms with E-state index in [4.69, 9.17) is 5.21 Å². The van der Waals surface area contributed by atoms with Crippen molar-refractivity contribution in [1.82, 2.24) is 4.98 Å². The maximum atomic E-state index is 10.8. The molecule has 1 aliphatic carbocycles. The molecule has 1 aliphatic rings. The highest BCUT2D eigenvalue weighted by molar-refractivity contribution is 5.91. The molecule has 5 heteroatoms. The molecule has 1 saturated carbocycles. The molecule has 1 N–H and O–H groups in total. The van der Waals surface area contributed by atoms with Crippen molar-refractivity contribution < 1.29 is 15.1 Å². The van der Waals surface area contributed by atoms with Crippen molar-refractivity contribution in [2.24, 2.45) is 5.16 Å². The van der Waals surface area contributed by atoms with Crippen molar-refractivity contribution in [3.8, 4) is 0 Å². The van der Waals surface area contributed by atoms with Gasteiger partial charge in [0.15, 0.2) is 0 Å². The van der Waals surface area contributed by atoms with E-state index in [1.807, 2.05) is 0 Å². The second kappa shape index (κ2) is 4.95. The summed E-state index contributed by atoms with van der Waals surface area (Å²) in [5.74, 6) is -1.29. The van der Waals surface area contributed by atoms with Gasteiger partial charge in [0, 0.05) is 23.4 Å². The van der Waals surface area contributed by atoms with E-state index in [0.717, 1.165) is 25.7 Å². The number of nitrogens with zero attached hydrogens (tertiary/aromatic N) is 2. The Hall–Kier alpha value is -1.91. The third kappa shape index (κ3) is 2.43. The molecule has 0 aromatic carbocycles. The summed E-state index contributed by atoms with van der Waals surface area (Å²) in [5, 5.41) is 23.0. The zero-order chi connectivity index (χ0) is 12.3. The number of carboxylic acids is 1. The molecule has 0 saturated heterocycles. The van der Waals surface area contributed by atoms with Gasteiger partial charge in [-0.3, -0.25) is 4.98 Å². The Morgan fingerprint density at radius 1 is 1.53 bits per heavy atom. The molecule has 0 bridgehead atoms. The molecule has 17 heavy (non-hydrogen) atoms. The summed E-state index contributed by atoms with van der Waals surface area (Å²) in [6.07, 6.45) is 5.04. The van der Waals surface area contributed by atoms with E-state index in [2.05, 4.69) is 10.1 Å². The lowest BCUT2D eigenvalue weighted by Gasteiger charge is -2.22. The van der Waals surface area contributed by atoms with Crippen molar-refractivity contribution >= 4 is 11.7 Å². The van der Waals surface area contributed by atoms with Crippen LogP contribution in [0, 0.1) is 0 Å². The first-order chi connectivity index (χ1) is 8.22. The third-order valence-electron chi connectivity index (χ3n) is 3.08. The Bertz CT molecular complexity index is 457. The molecule has 1 aromatic heterocycles. The first-order valence-corrected chi connectivity index (χ1v) is 5.60. The molecular formula is C12H13N2O3-. The van der Waals surface area contributed by atoms with E-state index in [1.165, 1.54) is 18.3 Å². The monoisotopic (exact) mass is 233 g/mol. The van der Waals surface area contributed by atoms with Crippen LogP contribution in [0.1, 0.15) is 47.7 Å². The van der Waals surface area contributed by atoms with Gasteiger partial charge in [-0.25, -0.2) is 0 Å². The summed E-state index contributed by atoms with van der Waals surface area (Å²) in [6, 6.07) is 2.90. The normalized spacial score (nSPS) is 22.6. The largest absolute Gasteiger partial charge is 0.545 e. The average Bonchev–Trinajstić information content (AvgIpc) is 2.39. The van der Waals surface area contributed by atoms with Crippen molar-refractivity contribution in [3.05, 3.63) is 29.6 Å². The number of carbonyl (C=O) groups is 1. The molecular weight excluding hydrogens is 220 g/mol. The molecule has 5 nitrogen and oxygen atoms in total. The standard InChI is InChI=1S/C12H14N2O3/c15-12(16)8-5-6-13-11(7-8)9-3-1-2-4-10(9)14-17/h5-7,9,17H,1-4H2,(H,15,16)/p-1/b14-10-/t9-/m0/s1. The minimum absolute atomic E-state index is 0.0759. The molecule has 1 atom stereocenters. The Labute approximate surface area is 98.8 Å². The summed E-state index contributed by atoms with van der Waals surface area (Å²) in [4.78, 5) is 14.9. The molecule has 0 spiro atoms. The second-order valence-electron chi connectivity index (χ2n) is 4.15. The van der Waals surface area contributed by atoms with Gasteiger partial charge in [0.2, 0.25) is 0 Å². The van der Waals surface area contributed by atoms with E-state index in [-0.39, 0.29) is 11.5 Å². The SMILES string of the molecule is O=C([O-])c1ccnc([C@H]2CCCC/C2=N/O)c1. The van der Waals surface area contributed by atoms with Gasteiger partial charge in [0.1, 0.15) is 0 Å². The molecule has 1 heterocycles. The highest BCUT2D eigenvalue weighted by Gasteiger charge is 2.24. The summed E-state index contributed by atoms with van der Waals surface area (Å²) in [6.45, 7) is 0. The van der Waals surface area contributed by atoms with Crippen LogP contribution in [0.15, 0.2) is 23.5 Å². The Morgan fingerprint density at radius 3 is 3.06 bits per heavy atom. The van der Waals surface area contributed by atoms with Gasteiger partial charge >= 0.3 is 0 Å². The molecule has 2 rings (SSSR count). The number of aromatic carboxylic acids is 1. The molecule has 90 valence electrons. The minimum Gasteiger partial charge on any atom is -0.545 e. The van der Waals surface area contributed by atoms with Crippen molar-refractivity contribution in [2.75, 3.05) is 0 Å². The van der Waals surface area contributed by atoms with Crippen LogP contribution in [0.3, 0.4) is 0 Å². The number of aromatic nitrogens is 1. The quantitative estimate of drug-likeness (QED) is 0.608. The molecule has 0 amide bonds. The van der Waals surface area contributed by atoms with Crippen LogP contribution < -0.4 is 5.11 Å². The lowest BCUT2D eigenvalue weighted by atomic mass is 9.84. The predicted molar refractivity (Wildman–Crippen MR) is 59.0 cm³/mol. The molecule has 0 unspecified atom stereocenters. The van der Waals surface area contributed by atoms with Crippen molar-refractivity contribution in [3.63, 3.8) is 0 Å². The van der Waals surface area contributed by atoms with Crippen LogP contribution in [0.2, 0.25) is 0 Å². The predicted octanol–water partition coefficient (Wildman–Crippen LogP) is 0.933. The van der Waals surface area contributed by atoms with Gasteiger partial charge in [0.25, 0.3) is 0 Å². The number of hydrogen-bond acceptors (Lipinski definition) is 5. The summed E-state index contributed by atoms with van der Waals surface area (Å²) < 4.78 is 0. The zero-order valence-electron chi connectivity index (χ0n) is 9.30. The molecule has 0 radical (unpaired) electrons. The van der Waals surface area contributed by atoms with Gasteiger partial charge in [-0.1, -0.05) is 11.6 Å². The van der Waals surface area contributed by atoms with Gasteiger partial charge in [0.05, 0.1) is 11.7 Å². The van der Waals surface area contributed by atoms with Gasteiger partial charge < -0.3 is 15.1 Å². The highest BCUT2D eigenvalue weighted by Crippen LogP contribution is 2.29. The van der Waals surface area contributed by atoms with Crippen LogP contribution in [0.25, 0.3) is 0 Å². The summed E-state index contributed by atoms with van der Waals surface area (Å²) >= 11 is 0. The topological polar surface area (TPSA) is 85.6 Å². The van der Waals surface area contributed by atoms with Gasteiger partial charge in [-0.2, -0.15) is 0 Å². The lowest BCUT2D eigenvalue weighted by molar-refractivity contribution is -0.255. The Kier molecular flexibility index (Phi) is 3.37. The van der Waals surface area contributed by atoms with Crippen LogP contribution in [-0.4, -0.2) is 21.9 Å². The van der Waals surface area contributed by atoms with E-state index < -0.39 is 5.97 Å². The Morgan fingerprint density at radius 2 is 2.35 bits per heavy atom. The molecule has 1 fully saturated rings. The lowest BCUT2D eigenvalue weighted by Crippen LogP contribution is -2.24. The first-order valence-electron chi connectivity index (χ1n) is 5.60. The number of hydrogen-bond donors (Lipinski definition) is 1. The Balaban J connectivity index is 2.32. The minimum atomic E-state index is -1.22. The molecule has 1 aromatic rings. The fraction of sp³-hybridized carbons (Fsp3) is 0.417.